The van der Waals surface area contributed by atoms with Gasteiger partial charge in [-0.25, -0.2) is 0 Å². The molecule has 2 heterocycles. The Kier molecular flexibility index (Phi) is 7.71. The van der Waals surface area contributed by atoms with Crippen molar-refractivity contribution in [2.75, 3.05) is 13.2 Å². The molecule has 7 nitrogen and oxygen atoms in total. The van der Waals surface area contributed by atoms with E-state index in [2.05, 4.69) is 73.9 Å². The van der Waals surface area contributed by atoms with E-state index >= 15 is 0 Å². The Morgan fingerprint density at radius 1 is 0.971 bits per heavy atom. The Labute approximate surface area is 208 Å². The highest BCUT2D eigenvalue weighted by molar-refractivity contribution is 5.83. The second kappa shape index (κ2) is 11.5. The number of tetrazole rings is 1. The first-order chi connectivity index (χ1) is 17.3. The highest BCUT2D eigenvalue weighted by Crippen LogP contribution is 2.30. The zero-order chi connectivity index (χ0) is 23.9. The van der Waals surface area contributed by atoms with Crippen LogP contribution in [0.3, 0.4) is 0 Å². The number of unbranched alkanes of at least 4 members (excludes halogenated alkanes) is 1. The number of H-pyrrole nitrogens is 1. The third-order valence-electron chi connectivity index (χ3n) is 7.38. The van der Waals surface area contributed by atoms with Crippen LogP contribution in [0.1, 0.15) is 70.3 Å². The minimum Gasteiger partial charge on any atom is -0.335 e. The van der Waals surface area contributed by atoms with Crippen molar-refractivity contribution >= 4 is 5.84 Å². The predicted molar refractivity (Wildman–Crippen MR) is 140 cm³/mol. The molecule has 2 aliphatic rings. The van der Waals surface area contributed by atoms with Crippen molar-refractivity contribution in [1.82, 2.24) is 30.5 Å². The van der Waals surface area contributed by atoms with Gasteiger partial charge in [0.05, 0.1) is 0 Å². The first-order valence-electron chi connectivity index (χ1n) is 13.3. The Balaban J connectivity index is 1.25. The normalized spacial score (nSPS) is 16.7. The lowest BCUT2D eigenvalue weighted by molar-refractivity contribution is 0.204. The number of nitrogens with zero attached hydrogens (tertiary/aromatic N) is 6. The minimum absolute atomic E-state index is 0.617. The second-order valence-corrected chi connectivity index (χ2v) is 9.96. The van der Waals surface area contributed by atoms with Crippen molar-refractivity contribution in [1.29, 1.82) is 0 Å². The molecule has 1 N–H and O–H groups in total. The lowest BCUT2D eigenvalue weighted by Crippen LogP contribution is -2.31. The van der Waals surface area contributed by atoms with E-state index < -0.39 is 0 Å². The molecule has 1 aliphatic heterocycles. The number of rotatable bonds is 10. The Morgan fingerprint density at radius 2 is 1.77 bits per heavy atom. The summed E-state index contributed by atoms with van der Waals surface area (Å²) in [7, 11) is 0. The van der Waals surface area contributed by atoms with Gasteiger partial charge in [-0.3, -0.25) is 5.01 Å². The summed E-state index contributed by atoms with van der Waals surface area (Å²) in [4.78, 5) is 2.47. The van der Waals surface area contributed by atoms with E-state index in [9.17, 15) is 0 Å². The Bertz CT molecular complexity index is 1080. The van der Waals surface area contributed by atoms with Crippen LogP contribution in [0.4, 0.5) is 0 Å². The van der Waals surface area contributed by atoms with Gasteiger partial charge in [-0.15, -0.1) is 10.2 Å². The van der Waals surface area contributed by atoms with Crippen LogP contribution >= 0.6 is 0 Å². The van der Waals surface area contributed by atoms with Gasteiger partial charge in [0.25, 0.3) is 0 Å². The van der Waals surface area contributed by atoms with E-state index in [1.54, 1.807) is 0 Å². The van der Waals surface area contributed by atoms with Gasteiger partial charge in [-0.2, -0.15) is 10.3 Å². The third kappa shape index (κ3) is 5.89. The third-order valence-corrected chi connectivity index (χ3v) is 7.38. The number of aromatic amines is 1. The quantitative estimate of drug-likeness (QED) is 0.388. The van der Waals surface area contributed by atoms with E-state index in [0.717, 1.165) is 48.8 Å². The first kappa shape index (κ1) is 23.5. The zero-order valence-corrected chi connectivity index (χ0v) is 20.9. The molecule has 0 spiro atoms. The molecule has 0 amide bonds. The van der Waals surface area contributed by atoms with Crippen molar-refractivity contribution in [3.8, 4) is 22.5 Å². The lowest BCUT2D eigenvalue weighted by Gasteiger charge is -2.25. The molecule has 184 valence electrons. The van der Waals surface area contributed by atoms with Crippen LogP contribution < -0.4 is 0 Å². The standard InChI is InChI=1S/C28H37N7/c1-2-3-13-27-31-35(19-18-22-9-5-4-6-10-22)21-34(27)20-23-14-16-24(17-15-23)25-11-7-8-12-26(25)28-29-32-33-30-28/h7-8,11-12,14-17,22H,2-6,9-10,13,18-21H2,1H3,(H,29,30,32,33). The fraction of sp³-hybridized carbons (Fsp3) is 0.500. The number of hydrogen-bond donors (Lipinski definition) is 1. The van der Waals surface area contributed by atoms with Crippen LogP contribution in [0.5, 0.6) is 0 Å². The van der Waals surface area contributed by atoms with Crippen molar-refractivity contribution in [2.45, 2.75) is 71.3 Å². The molecular weight excluding hydrogens is 434 g/mol. The maximum atomic E-state index is 5.05. The largest absolute Gasteiger partial charge is 0.335 e. The fourth-order valence-corrected chi connectivity index (χ4v) is 5.37. The summed E-state index contributed by atoms with van der Waals surface area (Å²) in [6.07, 6.45) is 11.8. The van der Waals surface area contributed by atoms with Crippen molar-refractivity contribution in [3.63, 3.8) is 0 Å². The van der Waals surface area contributed by atoms with E-state index in [1.807, 2.05) is 12.1 Å². The maximum absolute atomic E-state index is 5.05. The molecule has 0 unspecified atom stereocenters. The molecule has 7 heteroatoms. The molecule has 1 aliphatic carbocycles. The van der Waals surface area contributed by atoms with Crippen LogP contribution in [0, 0.1) is 5.92 Å². The summed E-state index contributed by atoms with van der Waals surface area (Å²) < 4.78 is 0. The molecule has 35 heavy (non-hydrogen) atoms. The molecule has 0 saturated heterocycles. The number of nitrogens with one attached hydrogen (secondary N) is 1. The number of hydrazone groups is 1. The molecule has 1 aromatic heterocycles. The van der Waals surface area contributed by atoms with Gasteiger partial charge in [0.1, 0.15) is 12.5 Å². The topological polar surface area (TPSA) is 73.3 Å². The number of amidine groups is 1. The molecule has 0 atom stereocenters. The van der Waals surface area contributed by atoms with Crippen molar-refractivity contribution in [2.24, 2.45) is 11.0 Å². The van der Waals surface area contributed by atoms with Crippen LogP contribution in [0.2, 0.25) is 0 Å². The molecule has 2 aromatic carbocycles. The van der Waals surface area contributed by atoms with Gasteiger partial charge in [-0.05, 0) is 40.7 Å². The van der Waals surface area contributed by atoms with Gasteiger partial charge < -0.3 is 4.90 Å². The average molecular weight is 472 g/mol. The minimum atomic E-state index is 0.617. The summed E-state index contributed by atoms with van der Waals surface area (Å²) in [6.45, 7) is 5.15. The van der Waals surface area contributed by atoms with Gasteiger partial charge >= 0.3 is 0 Å². The van der Waals surface area contributed by atoms with Gasteiger partial charge in [0.15, 0.2) is 0 Å². The van der Waals surface area contributed by atoms with E-state index in [1.165, 1.54) is 62.8 Å². The van der Waals surface area contributed by atoms with Crippen LogP contribution in [0.25, 0.3) is 22.5 Å². The van der Waals surface area contributed by atoms with Gasteiger partial charge in [0.2, 0.25) is 5.82 Å². The van der Waals surface area contributed by atoms with Crippen LogP contribution in [-0.2, 0) is 6.54 Å². The molecule has 5 rings (SSSR count). The summed E-state index contributed by atoms with van der Waals surface area (Å²) in [5.41, 5.74) is 4.56. The smallest absolute Gasteiger partial charge is 0.205 e. The highest BCUT2D eigenvalue weighted by Gasteiger charge is 2.24. The Morgan fingerprint density at radius 3 is 2.51 bits per heavy atom. The number of benzene rings is 2. The van der Waals surface area contributed by atoms with Gasteiger partial charge in [-0.1, -0.05) is 94.0 Å². The molecule has 3 aromatic rings. The maximum Gasteiger partial charge on any atom is 0.205 e. The summed E-state index contributed by atoms with van der Waals surface area (Å²) in [6, 6.07) is 17.1. The molecule has 0 radical (unpaired) electrons. The molecular formula is C28H37N7. The fourth-order valence-electron chi connectivity index (χ4n) is 5.37. The van der Waals surface area contributed by atoms with Crippen molar-refractivity contribution < 1.29 is 0 Å². The van der Waals surface area contributed by atoms with E-state index in [0.29, 0.717) is 5.82 Å². The summed E-state index contributed by atoms with van der Waals surface area (Å²) >= 11 is 0. The second-order valence-electron chi connectivity index (χ2n) is 9.96. The average Bonchev–Trinajstić information content (AvgIpc) is 3.58. The van der Waals surface area contributed by atoms with Crippen LogP contribution in [-0.4, -0.2) is 49.6 Å². The number of aromatic nitrogens is 4. The lowest BCUT2D eigenvalue weighted by atomic mass is 9.87. The monoisotopic (exact) mass is 471 g/mol. The molecule has 0 bridgehead atoms. The predicted octanol–water partition coefficient (Wildman–Crippen LogP) is 6.08. The summed E-state index contributed by atoms with van der Waals surface area (Å²) in [5.74, 6) is 2.77. The number of hydrogen-bond acceptors (Lipinski definition) is 6. The first-order valence-corrected chi connectivity index (χ1v) is 13.3. The van der Waals surface area contributed by atoms with Gasteiger partial charge in [0, 0.05) is 25.1 Å². The van der Waals surface area contributed by atoms with E-state index in [4.69, 9.17) is 5.10 Å². The summed E-state index contributed by atoms with van der Waals surface area (Å²) in [5, 5.41) is 22.0. The zero-order valence-electron chi connectivity index (χ0n) is 20.9. The highest BCUT2D eigenvalue weighted by atomic mass is 15.6. The molecule has 1 saturated carbocycles. The Hall–Kier alpha value is -3.22. The van der Waals surface area contributed by atoms with Crippen molar-refractivity contribution in [3.05, 3.63) is 54.1 Å². The SMILES string of the molecule is CCCCC1=NN(CCC2CCCCC2)CN1Cc1ccc(-c2ccccc2-c2nn[nH]n2)cc1. The van der Waals surface area contributed by atoms with Crippen LogP contribution in [0.15, 0.2) is 53.6 Å². The molecule has 1 fully saturated rings. The van der Waals surface area contributed by atoms with E-state index in [-0.39, 0.29) is 0 Å².